The van der Waals surface area contributed by atoms with Crippen molar-refractivity contribution in [2.75, 3.05) is 19.0 Å². The van der Waals surface area contributed by atoms with Gasteiger partial charge < -0.3 is 9.84 Å². The van der Waals surface area contributed by atoms with Crippen LogP contribution < -0.4 is 0 Å². The van der Waals surface area contributed by atoms with Gasteiger partial charge in [-0.05, 0) is 31.5 Å². The van der Waals surface area contributed by atoms with Crippen LogP contribution in [-0.2, 0) is 14.6 Å². The van der Waals surface area contributed by atoms with Crippen LogP contribution in [0.2, 0.25) is 0 Å². The van der Waals surface area contributed by atoms with Gasteiger partial charge in [-0.2, -0.15) is 0 Å². The summed E-state index contributed by atoms with van der Waals surface area (Å²) >= 11 is 0. The first kappa shape index (κ1) is 14.7. The number of carbonyl (C=O) groups is 1. The van der Waals surface area contributed by atoms with E-state index in [1.165, 1.54) is 24.3 Å². The van der Waals surface area contributed by atoms with E-state index in [-0.39, 0.29) is 16.2 Å². The Balaban J connectivity index is 2.78. The molecule has 18 heavy (non-hydrogen) atoms. The van der Waals surface area contributed by atoms with Crippen molar-refractivity contribution in [2.24, 2.45) is 0 Å². The van der Waals surface area contributed by atoms with Crippen LogP contribution >= 0.6 is 0 Å². The molecule has 0 saturated carbocycles. The van der Waals surface area contributed by atoms with Crippen LogP contribution in [0.25, 0.3) is 0 Å². The number of carboxylic acid groups (broad SMARTS) is 1. The molecule has 0 aromatic heterocycles. The Hall–Kier alpha value is -1.40. The van der Waals surface area contributed by atoms with Crippen LogP contribution in [0.5, 0.6) is 0 Å². The highest BCUT2D eigenvalue weighted by Gasteiger charge is 2.15. The predicted octanol–water partition coefficient (Wildman–Crippen LogP) is 1.59. The second-order valence-corrected chi connectivity index (χ2v) is 5.81. The summed E-state index contributed by atoms with van der Waals surface area (Å²) < 4.78 is 28.9. The summed E-state index contributed by atoms with van der Waals surface area (Å²) in [4.78, 5) is 10.8. The van der Waals surface area contributed by atoms with E-state index in [2.05, 4.69) is 0 Å². The third-order valence-corrected chi connectivity index (χ3v) is 4.14. The van der Waals surface area contributed by atoms with Gasteiger partial charge in [-0.25, -0.2) is 13.2 Å². The Kier molecular flexibility index (Phi) is 5.30. The normalized spacial score (nSPS) is 11.4. The molecule has 6 heteroatoms. The number of benzene rings is 1. The van der Waals surface area contributed by atoms with E-state index in [1.807, 2.05) is 6.92 Å². The highest BCUT2D eigenvalue weighted by atomic mass is 32.2. The lowest BCUT2D eigenvalue weighted by atomic mass is 10.2. The molecule has 0 saturated heterocycles. The van der Waals surface area contributed by atoms with Crippen LogP contribution in [0.4, 0.5) is 0 Å². The second kappa shape index (κ2) is 6.51. The molecule has 100 valence electrons. The summed E-state index contributed by atoms with van der Waals surface area (Å²) in [5, 5.41) is 8.81. The minimum Gasteiger partial charge on any atom is -0.478 e. The summed E-state index contributed by atoms with van der Waals surface area (Å²) in [7, 11) is -3.44. The topological polar surface area (TPSA) is 80.7 Å². The summed E-state index contributed by atoms with van der Waals surface area (Å²) in [5.41, 5.74) is -0.0270. The zero-order valence-electron chi connectivity index (χ0n) is 10.1. The largest absolute Gasteiger partial charge is 0.478 e. The van der Waals surface area contributed by atoms with Gasteiger partial charge in [-0.1, -0.05) is 6.07 Å². The molecule has 0 heterocycles. The molecular weight excluding hydrogens is 256 g/mol. The van der Waals surface area contributed by atoms with Gasteiger partial charge in [-0.3, -0.25) is 0 Å². The highest BCUT2D eigenvalue weighted by Crippen LogP contribution is 2.14. The summed E-state index contributed by atoms with van der Waals surface area (Å²) in [5.74, 6) is -1.18. The molecule has 1 N–H and O–H groups in total. The molecule has 0 aliphatic rings. The minimum absolute atomic E-state index is 0.0270. The minimum atomic E-state index is -3.44. The average molecular weight is 272 g/mol. The van der Waals surface area contributed by atoms with E-state index >= 15 is 0 Å². The maximum atomic E-state index is 11.9. The Bertz CT molecular complexity index is 507. The average Bonchev–Trinajstić information content (AvgIpc) is 2.35. The van der Waals surface area contributed by atoms with Crippen molar-refractivity contribution in [1.82, 2.24) is 0 Å². The molecule has 0 spiro atoms. The van der Waals surface area contributed by atoms with Gasteiger partial charge in [0.05, 0.1) is 16.2 Å². The first-order valence-corrected chi connectivity index (χ1v) is 7.26. The predicted molar refractivity (Wildman–Crippen MR) is 66.6 cm³/mol. The highest BCUT2D eigenvalue weighted by molar-refractivity contribution is 7.91. The molecule has 0 aliphatic carbocycles. The van der Waals surface area contributed by atoms with Crippen molar-refractivity contribution < 1.29 is 23.1 Å². The first-order valence-electron chi connectivity index (χ1n) is 5.61. The van der Waals surface area contributed by atoms with Crippen molar-refractivity contribution in [3.8, 4) is 0 Å². The Labute approximate surface area is 106 Å². The number of sulfone groups is 1. The fourth-order valence-corrected chi connectivity index (χ4v) is 2.76. The first-order chi connectivity index (χ1) is 8.47. The van der Waals surface area contributed by atoms with Crippen molar-refractivity contribution in [3.63, 3.8) is 0 Å². The smallest absolute Gasteiger partial charge is 0.335 e. The Morgan fingerprint density at radius 1 is 1.39 bits per heavy atom. The van der Waals surface area contributed by atoms with Gasteiger partial charge in [0.2, 0.25) is 0 Å². The summed E-state index contributed by atoms with van der Waals surface area (Å²) in [6.45, 7) is 2.77. The Morgan fingerprint density at radius 3 is 2.72 bits per heavy atom. The van der Waals surface area contributed by atoms with Crippen LogP contribution in [-0.4, -0.2) is 38.5 Å². The van der Waals surface area contributed by atoms with Gasteiger partial charge in [0, 0.05) is 13.2 Å². The zero-order valence-corrected chi connectivity index (χ0v) is 10.9. The molecule has 0 bridgehead atoms. The molecule has 1 aromatic carbocycles. The number of ether oxygens (including phenoxy) is 1. The number of aromatic carboxylic acids is 1. The molecule has 0 aliphatic heterocycles. The SMILES string of the molecule is CCOCCCS(=O)(=O)c1cccc(C(=O)O)c1. The Morgan fingerprint density at radius 2 is 2.11 bits per heavy atom. The van der Waals surface area contributed by atoms with E-state index in [1.54, 1.807) is 0 Å². The lowest BCUT2D eigenvalue weighted by Crippen LogP contribution is -2.10. The van der Waals surface area contributed by atoms with Gasteiger partial charge in [0.1, 0.15) is 0 Å². The van der Waals surface area contributed by atoms with E-state index in [9.17, 15) is 13.2 Å². The van der Waals surface area contributed by atoms with E-state index < -0.39 is 15.8 Å². The maximum Gasteiger partial charge on any atom is 0.335 e. The van der Waals surface area contributed by atoms with Crippen LogP contribution in [0, 0.1) is 0 Å². The second-order valence-electron chi connectivity index (χ2n) is 3.70. The molecule has 0 radical (unpaired) electrons. The van der Waals surface area contributed by atoms with E-state index in [0.717, 1.165) is 0 Å². The number of hydrogen-bond donors (Lipinski definition) is 1. The maximum absolute atomic E-state index is 11.9. The molecule has 5 nitrogen and oxygen atoms in total. The van der Waals surface area contributed by atoms with Gasteiger partial charge in [0.25, 0.3) is 0 Å². The molecule has 0 fully saturated rings. The summed E-state index contributed by atoms with van der Waals surface area (Å²) in [6.07, 6.45) is 0.396. The number of carboxylic acids is 1. The summed E-state index contributed by atoms with van der Waals surface area (Å²) in [6, 6.07) is 5.38. The van der Waals surface area contributed by atoms with Crippen LogP contribution in [0.3, 0.4) is 0 Å². The van der Waals surface area contributed by atoms with E-state index in [4.69, 9.17) is 9.84 Å². The molecular formula is C12H16O5S. The number of hydrogen-bond acceptors (Lipinski definition) is 4. The fraction of sp³-hybridized carbons (Fsp3) is 0.417. The van der Waals surface area contributed by atoms with Crippen LogP contribution in [0.1, 0.15) is 23.7 Å². The lowest BCUT2D eigenvalue weighted by Gasteiger charge is -2.05. The van der Waals surface area contributed by atoms with Crippen molar-refractivity contribution >= 4 is 15.8 Å². The van der Waals surface area contributed by atoms with Crippen molar-refractivity contribution in [1.29, 1.82) is 0 Å². The molecule has 0 unspecified atom stereocenters. The van der Waals surface area contributed by atoms with Crippen molar-refractivity contribution in [2.45, 2.75) is 18.2 Å². The number of rotatable bonds is 7. The zero-order chi connectivity index (χ0) is 13.6. The molecule has 1 aromatic rings. The van der Waals surface area contributed by atoms with Gasteiger partial charge in [-0.15, -0.1) is 0 Å². The molecule has 1 rings (SSSR count). The van der Waals surface area contributed by atoms with Crippen molar-refractivity contribution in [3.05, 3.63) is 29.8 Å². The van der Waals surface area contributed by atoms with Gasteiger partial charge >= 0.3 is 5.97 Å². The third kappa shape index (κ3) is 4.12. The third-order valence-electron chi connectivity index (χ3n) is 2.35. The molecule has 0 atom stereocenters. The van der Waals surface area contributed by atoms with Crippen LogP contribution in [0.15, 0.2) is 29.2 Å². The lowest BCUT2D eigenvalue weighted by molar-refractivity contribution is 0.0696. The van der Waals surface area contributed by atoms with E-state index in [0.29, 0.717) is 19.6 Å². The quantitative estimate of drug-likeness (QED) is 0.762. The fourth-order valence-electron chi connectivity index (χ4n) is 1.44. The standard InChI is InChI=1S/C12H16O5S/c1-2-17-7-4-8-18(15,16)11-6-3-5-10(9-11)12(13)14/h3,5-6,9H,2,4,7-8H2,1H3,(H,13,14). The molecule has 0 amide bonds. The monoisotopic (exact) mass is 272 g/mol. The van der Waals surface area contributed by atoms with Gasteiger partial charge in [0.15, 0.2) is 9.84 Å².